The highest BCUT2D eigenvalue weighted by Crippen LogP contribution is 2.27. The Morgan fingerprint density at radius 2 is 2.05 bits per heavy atom. The molecule has 1 aromatic rings. The van der Waals surface area contributed by atoms with Crippen LogP contribution in [0.3, 0.4) is 0 Å². The van der Waals surface area contributed by atoms with E-state index in [1.54, 1.807) is 16.8 Å². The van der Waals surface area contributed by atoms with E-state index in [9.17, 15) is 9.90 Å². The van der Waals surface area contributed by atoms with E-state index in [-0.39, 0.29) is 12.6 Å². The quantitative estimate of drug-likeness (QED) is 0.777. The van der Waals surface area contributed by atoms with E-state index in [1.165, 1.54) is 0 Å². The third kappa shape index (κ3) is 3.29. The molecule has 2 N–H and O–H groups in total. The van der Waals surface area contributed by atoms with Gasteiger partial charge >= 0.3 is 6.03 Å². The van der Waals surface area contributed by atoms with Crippen LogP contribution in [0.2, 0.25) is 0 Å². The van der Waals surface area contributed by atoms with Gasteiger partial charge < -0.3 is 15.1 Å². The van der Waals surface area contributed by atoms with Crippen molar-refractivity contribution in [1.82, 2.24) is 4.90 Å². The van der Waals surface area contributed by atoms with E-state index in [4.69, 9.17) is 5.11 Å². The molecular formula is C15H22N2O3. The summed E-state index contributed by atoms with van der Waals surface area (Å²) in [6.07, 6.45) is 1.51. The smallest absolute Gasteiger partial charge is 0.324 e. The van der Waals surface area contributed by atoms with Crippen molar-refractivity contribution < 1.29 is 15.0 Å². The minimum absolute atomic E-state index is 0.0198. The van der Waals surface area contributed by atoms with E-state index in [2.05, 4.69) is 0 Å². The first kappa shape index (κ1) is 14.8. The number of aliphatic hydroxyl groups is 2. The highest BCUT2D eigenvalue weighted by molar-refractivity contribution is 5.94. The van der Waals surface area contributed by atoms with Crippen molar-refractivity contribution in [3.05, 3.63) is 29.8 Å². The molecule has 0 saturated carbocycles. The molecule has 1 unspecified atom stereocenters. The number of anilines is 1. The molecule has 5 nitrogen and oxygen atoms in total. The number of amides is 2. The molecule has 2 amide bonds. The molecule has 5 heteroatoms. The lowest BCUT2D eigenvalue weighted by Crippen LogP contribution is -2.45. The van der Waals surface area contributed by atoms with Crippen LogP contribution in [0, 0.1) is 0 Å². The predicted octanol–water partition coefficient (Wildman–Crippen LogP) is 1.58. The Morgan fingerprint density at radius 1 is 1.30 bits per heavy atom. The highest BCUT2D eigenvalue weighted by atomic mass is 16.3. The number of carbonyl (C=O) groups is 1. The zero-order chi connectivity index (χ0) is 14.5. The number of urea groups is 1. The number of fused-ring (bicyclic) bond motifs is 1. The lowest BCUT2D eigenvalue weighted by atomic mass is 10.1. The summed E-state index contributed by atoms with van der Waals surface area (Å²) in [5, 5.41) is 18.1. The van der Waals surface area contributed by atoms with E-state index < -0.39 is 6.10 Å². The highest BCUT2D eigenvalue weighted by Gasteiger charge is 2.26. The molecule has 0 aliphatic carbocycles. The molecule has 0 fully saturated rings. The molecule has 0 radical (unpaired) electrons. The molecule has 1 heterocycles. The van der Waals surface area contributed by atoms with Crippen LogP contribution in [-0.4, -0.2) is 47.4 Å². The molecule has 1 atom stereocenters. The van der Waals surface area contributed by atoms with Crippen molar-refractivity contribution >= 4 is 11.7 Å². The number of nitrogens with zero attached hydrogens (tertiary/aromatic N) is 2. The second-order valence-corrected chi connectivity index (χ2v) is 5.25. The van der Waals surface area contributed by atoms with Gasteiger partial charge in [-0.15, -0.1) is 0 Å². The van der Waals surface area contributed by atoms with Gasteiger partial charge in [0.05, 0.1) is 18.4 Å². The van der Waals surface area contributed by atoms with Crippen molar-refractivity contribution in [3.63, 3.8) is 0 Å². The first-order valence-electron chi connectivity index (χ1n) is 7.03. The number of benzene rings is 1. The van der Waals surface area contributed by atoms with Gasteiger partial charge in [-0.2, -0.15) is 0 Å². The Labute approximate surface area is 119 Å². The standard InChI is InChI=1S/C15H22N2O3/c1-16-10-12-6-2-3-8-14(12)17(15(16)20)9-5-4-7-13(19)11-18/h2-3,6,8,13,18-19H,4-5,7,9-11H2,1H3. The fourth-order valence-electron chi connectivity index (χ4n) is 2.50. The van der Waals surface area contributed by atoms with Crippen molar-refractivity contribution in [2.24, 2.45) is 0 Å². The van der Waals surface area contributed by atoms with Crippen LogP contribution >= 0.6 is 0 Å². The number of aliphatic hydroxyl groups excluding tert-OH is 2. The number of unbranched alkanes of at least 4 members (excludes halogenated alkanes) is 1. The Balaban J connectivity index is 1.97. The summed E-state index contributed by atoms with van der Waals surface area (Å²) < 4.78 is 0. The summed E-state index contributed by atoms with van der Waals surface area (Å²) in [6, 6.07) is 7.97. The maximum Gasteiger partial charge on any atom is 0.324 e. The van der Waals surface area contributed by atoms with Gasteiger partial charge in [-0.3, -0.25) is 4.90 Å². The molecule has 0 spiro atoms. The number of carbonyl (C=O) groups excluding carboxylic acids is 1. The number of para-hydroxylation sites is 1. The van der Waals surface area contributed by atoms with Gasteiger partial charge in [0.15, 0.2) is 0 Å². The second-order valence-electron chi connectivity index (χ2n) is 5.25. The van der Waals surface area contributed by atoms with Crippen LogP contribution in [0.15, 0.2) is 24.3 Å². The van der Waals surface area contributed by atoms with Gasteiger partial charge in [0.25, 0.3) is 0 Å². The molecule has 0 bridgehead atoms. The van der Waals surface area contributed by atoms with E-state index in [0.717, 1.165) is 24.1 Å². The summed E-state index contributed by atoms with van der Waals surface area (Å²) in [7, 11) is 1.81. The topological polar surface area (TPSA) is 64.0 Å². The van der Waals surface area contributed by atoms with Crippen LogP contribution in [0.4, 0.5) is 10.5 Å². The monoisotopic (exact) mass is 278 g/mol. The number of hydrogen-bond acceptors (Lipinski definition) is 3. The minimum atomic E-state index is -0.651. The summed E-state index contributed by atoms with van der Waals surface area (Å²) in [5.74, 6) is 0. The molecular weight excluding hydrogens is 256 g/mol. The van der Waals surface area contributed by atoms with Gasteiger partial charge in [0.2, 0.25) is 0 Å². The summed E-state index contributed by atoms with van der Waals surface area (Å²) in [6.45, 7) is 1.08. The van der Waals surface area contributed by atoms with Crippen molar-refractivity contribution in [2.45, 2.75) is 31.9 Å². The third-order valence-corrected chi connectivity index (χ3v) is 3.63. The molecule has 0 aromatic heterocycles. The zero-order valence-electron chi connectivity index (χ0n) is 11.8. The Morgan fingerprint density at radius 3 is 2.80 bits per heavy atom. The van der Waals surface area contributed by atoms with Crippen molar-refractivity contribution in [3.8, 4) is 0 Å². The van der Waals surface area contributed by atoms with E-state index in [0.29, 0.717) is 19.5 Å². The van der Waals surface area contributed by atoms with Gasteiger partial charge in [-0.05, 0) is 30.9 Å². The van der Waals surface area contributed by atoms with Crippen LogP contribution in [-0.2, 0) is 6.54 Å². The Hall–Kier alpha value is -1.59. The first-order valence-corrected chi connectivity index (χ1v) is 7.03. The average Bonchev–Trinajstić information content (AvgIpc) is 2.46. The van der Waals surface area contributed by atoms with Crippen LogP contribution in [0.1, 0.15) is 24.8 Å². The molecule has 110 valence electrons. The lowest BCUT2D eigenvalue weighted by Gasteiger charge is -2.35. The molecule has 1 aromatic carbocycles. The predicted molar refractivity (Wildman–Crippen MR) is 77.6 cm³/mol. The Bertz CT molecular complexity index is 464. The molecule has 2 rings (SSSR count). The maximum atomic E-state index is 12.2. The fraction of sp³-hybridized carbons (Fsp3) is 0.533. The van der Waals surface area contributed by atoms with Gasteiger partial charge in [0.1, 0.15) is 0 Å². The normalized spacial score (nSPS) is 16.2. The van der Waals surface area contributed by atoms with Crippen LogP contribution in [0.25, 0.3) is 0 Å². The SMILES string of the molecule is CN1Cc2ccccc2N(CCCCC(O)CO)C1=O. The fourth-order valence-corrected chi connectivity index (χ4v) is 2.50. The maximum absolute atomic E-state index is 12.2. The molecule has 20 heavy (non-hydrogen) atoms. The first-order chi connectivity index (χ1) is 9.63. The average molecular weight is 278 g/mol. The summed E-state index contributed by atoms with van der Waals surface area (Å²) in [5.41, 5.74) is 2.14. The van der Waals surface area contributed by atoms with Crippen LogP contribution in [0.5, 0.6) is 0 Å². The third-order valence-electron chi connectivity index (χ3n) is 3.63. The van der Waals surface area contributed by atoms with Gasteiger partial charge in [-0.1, -0.05) is 18.2 Å². The Kier molecular flexibility index (Phi) is 4.98. The van der Waals surface area contributed by atoms with Gasteiger partial charge in [-0.25, -0.2) is 4.79 Å². The van der Waals surface area contributed by atoms with E-state index >= 15 is 0 Å². The summed E-state index contributed by atoms with van der Waals surface area (Å²) in [4.78, 5) is 15.7. The zero-order valence-corrected chi connectivity index (χ0v) is 11.8. The van der Waals surface area contributed by atoms with Crippen molar-refractivity contribution in [2.75, 3.05) is 25.1 Å². The largest absolute Gasteiger partial charge is 0.394 e. The molecule has 1 aliphatic rings. The van der Waals surface area contributed by atoms with Gasteiger partial charge in [0, 0.05) is 20.1 Å². The number of hydrogen-bond donors (Lipinski definition) is 2. The lowest BCUT2D eigenvalue weighted by molar-refractivity contribution is 0.0863. The van der Waals surface area contributed by atoms with Crippen LogP contribution < -0.4 is 4.90 Å². The second kappa shape index (κ2) is 6.72. The minimum Gasteiger partial charge on any atom is -0.394 e. The molecule has 1 aliphatic heterocycles. The summed E-state index contributed by atoms with van der Waals surface area (Å²) >= 11 is 0. The van der Waals surface area contributed by atoms with Crippen molar-refractivity contribution in [1.29, 1.82) is 0 Å². The molecule has 0 saturated heterocycles. The van der Waals surface area contributed by atoms with E-state index in [1.807, 2.05) is 24.3 Å². The number of rotatable bonds is 6.